The average molecular weight is 335 g/mol. The van der Waals surface area contributed by atoms with Crippen LogP contribution in [-0.2, 0) is 16.0 Å². The van der Waals surface area contributed by atoms with Gasteiger partial charge in [0.25, 0.3) is 0 Å². The standard InChI is InChI=1S/C17H16ClFN2O2/c18-11-16(22)21-15(10-12-4-2-1-3-5-12)17(23)20-14-8-6-13(19)7-9-14/h1-9,15H,10-11H2,(H,20,23)(H,21,22). The van der Waals surface area contributed by atoms with Gasteiger partial charge in [-0.1, -0.05) is 30.3 Å². The van der Waals surface area contributed by atoms with E-state index in [1.807, 2.05) is 30.3 Å². The van der Waals surface area contributed by atoms with E-state index >= 15 is 0 Å². The summed E-state index contributed by atoms with van der Waals surface area (Å²) in [5, 5.41) is 5.25. The molecule has 0 aliphatic heterocycles. The molecule has 0 aromatic heterocycles. The molecule has 0 spiro atoms. The number of halogens is 2. The Morgan fingerprint density at radius 3 is 2.30 bits per heavy atom. The van der Waals surface area contributed by atoms with E-state index in [0.29, 0.717) is 12.1 Å². The van der Waals surface area contributed by atoms with Crippen molar-refractivity contribution in [1.82, 2.24) is 5.32 Å². The average Bonchev–Trinajstić information content (AvgIpc) is 2.57. The Morgan fingerprint density at radius 2 is 1.70 bits per heavy atom. The van der Waals surface area contributed by atoms with E-state index in [9.17, 15) is 14.0 Å². The van der Waals surface area contributed by atoms with Crippen LogP contribution in [0.15, 0.2) is 54.6 Å². The number of carbonyl (C=O) groups is 2. The van der Waals surface area contributed by atoms with Crippen LogP contribution in [0.5, 0.6) is 0 Å². The lowest BCUT2D eigenvalue weighted by atomic mass is 10.1. The van der Waals surface area contributed by atoms with E-state index in [4.69, 9.17) is 11.6 Å². The first-order chi connectivity index (χ1) is 11.1. The fourth-order valence-electron chi connectivity index (χ4n) is 2.05. The zero-order chi connectivity index (χ0) is 16.7. The predicted octanol–water partition coefficient (Wildman–Crippen LogP) is 2.73. The van der Waals surface area contributed by atoms with E-state index in [0.717, 1.165) is 5.56 Å². The Labute approximate surface area is 138 Å². The summed E-state index contributed by atoms with van der Waals surface area (Å²) < 4.78 is 12.9. The normalized spacial score (nSPS) is 11.6. The van der Waals surface area contributed by atoms with Crippen LogP contribution < -0.4 is 10.6 Å². The van der Waals surface area contributed by atoms with Gasteiger partial charge in [0.05, 0.1) is 0 Å². The van der Waals surface area contributed by atoms with Crippen molar-refractivity contribution in [2.24, 2.45) is 0 Å². The highest BCUT2D eigenvalue weighted by molar-refractivity contribution is 6.27. The molecular weight excluding hydrogens is 319 g/mol. The van der Waals surface area contributed by atoms with Crippen LogP contribution in [0.4, 0.5) is 10.1 Å². The minimum absolute atomic E-state index is 0.227. The molecule has 0 heterocycles. The van der Waals surface area contributed by atoms with Gasteiger partial charge in [-0.15, -0.1) is 11.6 Å². The van der Waals surface area contributed by atoms with Crippen LogP contribution in [0.25, 0.3) is 0 Å². The van der Waals surface area contributed by atoms with E-state index < -0.39 is 11.9 Å². The van der Waals surface area contributed by atoms with Crippen molar-refractivity contribution in [3.8, 4) is 0 Å². The Hall–Kier alpha value is -2.40. The topological polar surface area (TPSA) is 58.2 Å². The Bertz CT molecular complexity index is 662. The predicted molar refractivity (Wildman–Crippen MR) is 87.8 cm³/mol. The molecule has 0 saturated heterocycles. The minimum Gasteiger partial charge on any atom is -0.343 e. The van der Waals surface area contributed by atoms with Crippen molar-refractivity contribution < 1.29 is 14.0 Å². The number of carbonyl (C=O) groups excluding carboxylic acids is 2. The second-order valence-electron chi connectivity index (χ2n) is 4.94. The highest BCUT2D eigenvalue weighted by atomic mass is 35.5. The molecule has 4 nitrogen and oxygen atoms in total. The number of benzene rings is 2. The van der Waals surface area contributed by atoms with Crippen LogP contribution in [0, 0.1) is 5.82 Å². The molecule has 23 heavy (non-hydrogen) atoms. The number of anilines is 1. The molecule has 2 aromatic rings. The summed E-state index contributed by atoms with van der Waals surface area (Å²) in [7, 11) is 0. The lowest BCUT2D eigenvalue weighted by Gasteiger charge is -2.18. The van der Waals surface area contributed by atoms with E-state index in [1.165, 1.54) is 24.3 Å². The Morgan fingerprint density at radius 1 is 1.04 bits per heavy atom. The molecule has 0 aliphatic carbocycles. The monoisotopic (exact) mass is 334 g/mol. The van der Waals surface area contributed by atoms with Gasteiger partial charge in [0.15, 0.2) is 0 Å². The summed E-state index contributed by atoms with van der Waals surface area (Å²) in [5.41, 5.74) is 1.36. The first-order valence-electron chi connectivity index (χ1n) is 7.04. The van der Waals surface area contributed by atoms with Gasteiger partial charge < -0.3 is 10.6 Å². The molecule has 1 unspecified atom stereocenters. The lowest BCUT2D eigenvalue weighted by molar-refractivity contribution is -0.125. The molecule has 0 fully saturated rings. The number of hydrogen-bond donors (Lipinski definition) is 2. The molecule has 1 atom stereocenters. The van der Waals surface area contributed by atoms with Crippen LogP contribution in [0.2, 0.25) is 0 Å². The highest BCUT2D eigenvalue weighted by Gasteiger charge is 2.21. The Balaban J connectivity index is 2.10. The van der Waals surface area contributed by atoms with Crippen LogP contribution in [0.1, 0.15) is 5.56 Å². The van der Waals surface area contributed by atoms with Gasteiger partial charge in [-0.2, -0.15) is 0 Å². The van der Waals surface area contributed by atoms with Crippen molar-refractivity contribution >= 4 is 29.1 Å². The second-order valence-corrected chi connectivity index (χ2v) is 5.21. The fourth-order valence-corrected chi connectivity index (χ4v) is 2.13. The zero-order valence-corrected chi connectivity index (χ0v) is 13.0. The van der Waals surface area contributed by atoms with Gasteiger partial charge >= 0.3 is 0 Å². The third kappa shape index (κ3) is 5.38. The van der Waals surface area contributed by atoms with Gasteiger partial charge in [0.1, 0.15) is 17.7 Å². The number of alkyl halides is 1. The van der Waals surface area contributed by atoms with E-state index in [1.54, 1.807) is 0 Å². The quantitative estimate of drug-likeness (QED) is 0.798. The van der Waals surface area contributed by atoms with Gasteiger partial charge in [-0.3, -0.25) is 9.59 Å². The van der Waals surface area contributed by atoms with E-state index in [2.05, 4.69) is 10.6 Å². The molecule has 0 saturated carbocycles. The summed E-state index contributed by atoms with van der Waals surface area (Å²) in [4.78, 5) is 23.9. The molecule has 2 amide bonds. The molecule has 2 N–H and O–H groups in total. The maximum Gasteiger partial charge on any atom is 0.247 e. The second kappa shape index (κ2) is 8.29. The lowest BCUT2D eigenvalue weighted by Crippen LogP contribution is -2.45. The molecule has 2 rings (SSSR count). The van der Waals surface area contributed by atoms with Crippen molar-refractivity contribution in [2.75, 3.05) is 11.2 Å². The Kier molecular flexibility index (Phi) is 6.11. The smallest absolute Gasteiger partial charge is 0.247 e. The van der Waals surface area contributed by atoms with Crippen LogP contribution >= 0.6 is 11.6 Å². The summed E-state index contributed by atoms with van der Waals surface area (Å²) >= 11 is 5.50. The fraction of sp³-hybridized carbons (Fsp3) is 0.176. The highest BCUT2D eigenvalue weighted by Crippen LogP contribution is 2.10. The van der Waals surface area contributed by atoms with Crippen molar-refractivity contribution in [1.29, 1.82) is 0 Å². The number of nitrogens with one attached hydrogen (secondary N) is 2. The van der Waals surface area contributed by atoms with Gasteiger partial charge in [-0.25, -0.2) is 4.39 Å². The molecule has 0 aliphatic rings. The van der Waals surface area contributed by atoms with Crippen molar-refractivity contribution in [3.05, 3.63) is 66.0 Å². The van der Waals surface area contributed by atoms with Crippen LogP contribution in [-0.4, -0.2) is 23.7 Å². The van der Waals surface area contributed by atoms with Gasteiger partial charge in [-0.05, 0) is 29.8 Å². The zero-order valence-electron chi connectivity index (χ0n) is 12.3. The number of rotatable bonds is 6. The number of amides is 2. The van der Waals surface area contributed by atoms with Crippen LogP contribution in [0.3, 0.4) is 0 Å². The molecular formula is C17H16ClFN2O2. The third-order valence-corrected chi connectivity index (χ3v) is 3.41. The summed E-state index contributed by atoms with van der Waals surface area (Å²) in [6, 6.07) is 13.9. The summed E-state index contributed by atoms with van der Waals surface area (Å²) in [5.74, 6) is -1.44. The van der Waals surface area contributed by atoms with Gasteiger partial charge in [0.2, 0.25) is 11.8 Å². The molecule has 6 heteroatoms. The number of hydrogen-bond acceptors (Lipinski definition) is 2. The maximum absolute atomic E-state index is 12.9. The molecule has 2 aromatic carbocycles. The first-order valence-corrected chi connectivity index (χ1v) is 7.57. The molecule has 120 valence electrons. The van der Waals surface area contributed by atoms with Crippen molar-refractivity contribution in [3.63, 3.8) is 0 Å². The minimum atomic E-state index is -0.770. The first kappa shape index (κ1) is 17.0. The molecule has 0 bridgehead atoms. The maximum atomic E-state index is 12.9. The summed E-state index contributed by atoms with van der Waals surface area (Å²) in [6.45, 7) is 0. The van der Waals surface area contributed by atoms with Crippen molar-refractivity contribution in [2.45, 2.75) is 12.5 Å². The van der Waals surface area contributed by atoms with Gasteiger partial charge in [0, 0.05) is 12.1 Å². The SMILES string of the molecule is O=C(CCl)NC(Cc1ccccc1)C(=O)Nc1ccc(F)cc1. The summed E-state index contributed by atoms with van der Waals surface area (Å²) in [6.07, 6.45) is 0.330. The molecule has 0 radical (unpaired) electrons. The third-order valence-electron chi connectivity index (χ3n) is 3.17. The largest absolute Gasteiger partial charge is 0.343 e. The van der Waals surface area contributed by atoms with E-state index in [-0.39, 0.29) is 17.6 Å².